The van der Waals surface area contributed by atoms with Gasteiger partial charge in [-0.15, -0.1) is 0 Å². The van der Waals surface area contributed by atoms with Crippen LogP contribution in [0.25, 0.3) is 5.57 Å². The predicted molar refractivity (Wildman–Crippen MR) is 166 cm³/mol. The molecule has 4 rings (SSSR count). The van der Waals surface area contributed by atoms with Gasteiger partial charge in [0.05, 0.1) is 34.8 Å². The second-order valence-electron chi connectivity index (χ2n) is 11.2. The standard InChI is InChI=1S/C30H35ClFN5O5S/c1-18(2)43(39,40)26-10-8-7-9-23(26)34-27-21(31)17-33-28(36-27)35-24-16-22(32)20(15-25(24)41-6)19-11-13-37(14-12-19)29(38)42-30(3,4)5/h7-11,15-18H,12-14H2,1-6H3,(H2,33,34,35,36). The third-order valence-corrected chi connectivity index (χ3v) is 9.04. The summed E-state index contributed by atoms with van der Waals surface area (Å²) in [5.41, 5.74) is 1.07. The number of halogens is 2. The number of para-hydroxylation sites is 1. The van der Waals surface area contributed by atoms with E-state index < -0.39 is 32.6 Å². The topological polar surface area (TPSA) is 123 Å². The molecule has 1 amide bonds. The summed E-state index contributed by atoms with van der Waals surface area (Å²) in [5.74, 6) is 0.0728. The van der Waals surface area contributed by atoms with Crippen molar-refractivity contribution in [3.05, 3.63) is 65.1 Å². The molecule has 1 aromatic heterocycles. The van der Waals surface area contributed by atoms with Gasteiger partial charge in [0.15, 0.2) is 15.7 Å². The van der Waals surface area contributed by atoms with Crippen molar-refractivity contribution in [2.75, 3.05) is 30.8 Å². The summed E-state index contributed by atoms with van der Waals surface area (Å²) in [7, 11) is -2.13. The Morgan fingerprint density at radius 3 is 2.49 bits per heavy atom. The van der Waals surface area contributed by atoms with E-state index in [-0.39, 0.29) is 27.4 Å². The lowest BCUT2D eigenvalue weighted by molar-refractivity contribution is 0.0270. The van der Waals surface area contributed by atoms with Gasteiger partial charge < -0.3 is 25.0 Å². The number of amides is 1. The highest BCUT2D eigenvalue weighted by Crippen LogP contribution is 2.36. The number of methoxy groups -OCH3 is 1. The Balaban J connectivity index is 1.57. The molecule has 10 nitrogen and oxygen atoms in total. The second-order valence-corrected chi connectivity index (χ2v) is 14.0. The van der Waals surface area contributed by atoms with E-state index in [1.54, 1.807) is 69.9 Å². The number of aromatic nitrogens is 2. The maximum Gasteiger partial charge on any atom is 0.410 e. The zero-order chi connectivity index (χ0) is 31.5. The van der Waals surface area contributed by atoms with Crippen LogP contribution in [0.3, 0.4) is 0 Å². The van der Waals surface area contributed by atoms with Gasteiger partial charge in [0.2, 0.25) is 5.95 Å². The van der Waals surface area contributed by atoms with Crippen LogP contribution in [0.5, 0.6) is 5.75 Å². The van der Waals surface area contributed by atoms with Crippen molar-refractivity contribution < 1.29 is 27.1 Å². The zero-order valence-electron chi connectivity index (χ0n) is 24.9. The number of nitrogens with zero attached hydrogens (tertiary/aromatic N) is 3. The summed E-state index contributed by atoms with van der Waals surface area (Å²) in [6, 6.07) is 9.32. The maximum absolute atomic E-state index is 15.4. The van der Waals surface area contributed by atoms with Crippen LogP contribution in [0, 0.1) is 5.82 Å². The lowest BCUT2D eigenvalue weighted by atomic mass is 9.98. The Labute approximate surface area is 256 Å². The van der Waals surface area contributed by atoms with Crippen LogP contribution in [0.1, 0.15) is 46.6 Å². The maximum atomic E-state index is 15.4. The molecule has 1 aliphatic heterocycles. The SMILES string of the molecule is COc1cc(C2=CCN(C(=O)OC(C)(C)C)CC2)c(F)cc1Nc1ncc(Cl)c(Nc2ccccc2S(=O)(=O)C(C)C)n1. The molecule has 0 radical (unpaired) electrons. The van der Waals surface area contributed by atoms with Crippen LogP contribution in [-0.4, -0.2) is 60.4 Å². The molecule has 230 valence electrons. The van der Waals surface area contributed by atoms with Gasteiger partial charge in [0, 0.05) is 24.7 Å². The predicted octanol–water partition coefficient (Wildman–Crippen LogP) is 6.97. The highest BCUT2D eigenvalue weighted by atomic mass is 35.5. The van der Waals surface area contributed by atoms with E-state index in [1.807, 2.05) is 0 Å². The zero-order valence-corrected chi connectivity index (χ0v) is 26.4. The van der Waals surface area contributed by atoms with Crippen molar-refractivity contribution in [2.45, 2.75) is 56.8 Å². The van der Waals surface area contributed by atoms with Crippen LogP contribution in [0.15, 0.2) is 53.6 Å². The van der Waals surface area contributed by atoms with E-state index in [2.05, 4.69) is 20.6 Å². The Kier molecular flexibility index (Phi) is 9.50. The van der Waals surface area contributed by atoms with Crippen molar-refractivity contribution in [2.24, 2.45) is 0 Å². The summed E-state index contributed by atoms with van der Waals surface area (Å²) >= 11 is 6.34. The first kappa shape index (κ1) is 32.0. The van der Waals surface area contributed by atoms with Crippen LogP contribution in [0.2, 0.25) is 5.02 Å². The minimum Gasteiger partial charge on any atom is -0.495 e. The molecule has 0 bridgehead atoms. The number of benzene rings is 2. The van der Waals surface area contributed by atoms with Gasteiger partial charge in [-0.3, -0.25) is 0 Å². The fourth-order valence-corrected chi connectivity index (χ4v) is 5.65. The fraction of sp³-hybridized carbons (Fsp3) is 0.367. The summed E-state index contributed by atoms with van der Waals surface area (Å²) < 4.78 is 52.1. The van der Waals surface area contributed by atoms with E-state index in [1.165, 1.54) is 25.4 Å². The van der Waals surface area contributed by atoms with E-state index in [4.69, 9.17) is 21.1 Å². The Morgan fingerprint density at radius 2 is 1.86 bits per heavy atom. The summed E-state index contributed by atoms with van der Waals surface area (Å²) in [6.07, 6.45) is 3.17. The number of ether oxygens (including phenoxy) is 2. The fourth-order valence-electron chi connectivity index (χ4n) is 4.31. The molecule has 0 fully saturated rings. The second kappa shape index (κ2) is 12.8. The monoisotopic (exact) mass is 631 g/mol. The Morgan fingerprint density at radius 1 is 1.14 bits per heavy atom. The first-order valence-electron chi connectivity index (χ1n) is 13.6. The molecule has 2 N–H and O–H groups in total. The molecule has 2 heterocycles. The van der Waals surface area contributed by atoms with Gasteiger partial charge in [0.1, 0.15) is 22.2 Å². The van der Waals surface area contributed by atoms with Crippen LogP contribution in [-0.2, 0) is 14.6 Å². The van der Waals surface area contributed by atoms with Gasteiger partial charge in [0.25, 0.3) is 0 Å². The number of hydrogen-bond donors (Lipinski definition) is 2. The Hall–Kier alpha value is -3.90. The first-order chi connectivity index (χ1) is 20.2. The molecular weight excluding hydrogens is 597 g/mol. The van der Waals surface area contributed by atoms with Crippen molar-refractivity contribution in [1.29, 1.82) is 0 Å². The number of nitrogens with one attached hydrogen (secondary N) is 2. The molecule has 0 spiro atoms. The first-order valence-corrected chi connectivity index (χ1v) is 15.6. The van der Waals surface area contributed by atoms with Gasteiger partial charge in [-0.1, -0.05) is 29.8 Å². The molecule has 0 saturated heterocycles. The molecule has 43 heavy (non-hydrogen) atoms. The molecule has 0 aliphatic carbocycles. The summed E-state index contributed by atoms with van der Waals surface area (Å²) in [4.78, 5) is 22.7. The lowest BCUT2D eigenvalue weighted by Crippen LogP contribution is -2.39. The normalized spacial score (nSPS) is 13.9. The minimum absolute atomic E-state index is 0.0754. The molecule has 13 heteroatoms. The lowest BCUT2D eigenvalue weighted by Gasteiger charge is -2.29. The van der Waals surface area contributed by atoms with Gasteiger partial charge >= 0.3 is 6.09 Å². The van der Waals surface area contributed by atoms with E-state index in [9.17, 15) is 13.2 Å². The molecule has 1 aliphatic rings. The van der Waals surface area contributed by atoms with Crippen molar-refractivity contribution >= 4 is 56.2 Å². The van der Waals surface area contributed by atoms with Crippen LogP contribution in [0.4, 0.5) is 32.3 Å². The third-order valence-electron chi connectivity index (χ3n) is 6.55. The number of rotatable bonds is 8. The quantitative estimate of drug-likeness (QED) is 0.271. The van der Waals surface area contributed by atoms with Gasteiger partial charge in [-0.05, 0) is 64.8 Å². The molecule has 2 aromatic carbocycles. The molecular formula is C30H35ClFN5O5S. The number of anilines is 4. The largest absolute Gasteiger partial charge is 0.495 e. The molecule has 0 atom stereocenters. The van der Waals surface area contributed by atoms with Crippen molar-refractivity contribution in [1.82, 2.24) is 14.9 Å². The van der Waals surface area contributed by atoms with E-state index in [0.29, 0.717) is 36.5 Å². The Bertz CT molecular complexity index is 1660. The van der Waals surface area contributed by atoms with E-state index in [0.717, 1.165) is 5.57 Å². The minimum atomic E-state index is -3.59. The summed E-state index contributed by atoms with van der Waals surface area (Å²) in [5, 5.41) is 5.47. The molecule has 0 saturated carbocycles. The number of carbonyl (C=O) groups excluding carboxylic acids is 1. The van der Waals surface area contributed by atoms with Crippen molar-refractivity contribution in [3.63, 3.8) is 0 Å². The van der Waals surface area contributed by atoms with E-state index >= 15 is 4.39 Å². The molecule has 0 unspecified atom stereocenters. The third kappa shape index (κ3) is 7.55. The van der Waals surface area contributed by atoms with Crippen LogP contribution < -0.4 is 15.4 Å². The summed E-state index contributed by atoms with van der Waals surface area (Å²) in [6.45, 7) is 9.30. The van der Waals surface area contributed by atoms with Gasteiger partial charge in [-0.2, -0.15) is 4.98 Å². The van der Waals surface area contributed by atoms with Crippen LogP contribution >= 0.6 is 11.6 Å². The average Bonchev–Trinajstić information content (AvgIpc) is 2.94. The average molecular weight is 632 g/mol. The van der Waals surface area contributed by atoms with Gasteiger partial charge in [-0.25, -0.2) is 22.6 Å². The number of sulfone groups is 1. The smallest absolute Gasteiger partial charge is 0.410 e. The number of hydrogen-bond acceptors (Lipinski definition) is 9. The highest BCUT2D eigenvalue weighted by molar-refractivity contribution is 7.92. The number of carbonyl (C=O) groups is 1. The molecule has 3 aromatic rings. The van der Waals surface area contributed by atoms with Crippen molar-refractivity contribution in [3.8, 4) is 5.75 Å². The highest BCUT2D eigenvalue weighted by Gasteiger charge is 2.26.